The Bertz CT molecular complexity index is 1210. The SMILES string of the molecule is CCCCCNC(=O)CN(CC(=O)N(C)C1Cc2ccccc2C1)c1cc(-c2noc(C)n2)ccc1C. The number of carbonyl (C=O) groups excluding carboxylic acids is 2. The predicted molar refractivity (Wildman–Crippen MR) is 144 cm³/mol. The molecule has 0 spiro atoms. The van der Waals surface area contributed by atoms with Gasteiger partial charge in [0.05, 0.1) is 13.1 Å². The molecule has 37 heavy (non-hydrogen) atoms. The third-order valence-corrected chi connectivity index (χ3v) is 7.07. The Morgan fingerprint density at radius 1 is 1.05 bits per heavy atom. The molecule has 4 rings (SSSR count). The largest absolute Gasteiger partial charge is 0.355 e. The van der Waals surface area contributed by atoms with Crippen LogP contribution in [0, 0.1) is 13.8 Å². The minimum atomic E-state index is -0.0972. The molecule has 0 bridgehead atoms. The lowest BCUT2D eigenvalue weighted by Crippen LogP contribution is -2.47. The maximum absolute atomic E-state index is 13.5. The summed E-state index contributed by atoms with van der Waals surface area (Å²) in [7, 11) is 1.87. The number of hydrogen-bond acceptors (Lipinski definition) is 6. The molecule has 1 N–H and O–H groups in total. The molecule has 0 atom stereocenters. The summed E-state index contributed by atoms with van der Waals surface area (Å²) >= 11 is 0. The van der Waals surface area contributed by atoms with Gasteiger partial charge in [-0.05, 0) is 48.9 Å². The van der Waals surface area contributed by atoms with Crippen LogP contribution >= 0.6 is 0 Å². The smallest absolute Gasteiger partial charge is 0.242 e. The topological polar surface area (TPSA) is 91.6 Å². The van der Waals surface area contributed by atoms with Gasteiger partial charge < -0.3 is 19.6 Å². The number of likely N-dealkylation sites (N-methyl/N-ethyl adjacent to an activating group) is 1. The van der Waals surface area contributed by atoms with Gasteiger partial charge in [0.15, 0.2) is 0 Å². The van der Waals surface area contributed by atoms with Gasteiger partial charge in [-0.25, -0.2) is 0 Å². The van der Waals surface area contributed by atoms with Crippen molar-refractivity contribution in [2.45, 2.75) is 58.9 Å². The minimum absolute atomic E-state index is 0.0169. The summed E-state index contributed by atoms with van der Waals surface area (Å²) in [4.78, 5) is 34.5. The summed E-state index contributed by atoms with van der Waals surface area (Å²) in [6.07, 6.45) is 4.81. The summed E-state index contributed by atoms with van der Waals surface area (Å²) in [6, 6.07) is 14.3. The molecule has 0 unspecified atom stereocenters. The summed E-state index contributed by atoms with van der Waals surface area (Å²) < 4.78 is 5.16. The highest BCUT2D eigenvalue weighted by atomic mass is 16.5. The molecule has 1 heterocycles. The van der Waals surface area contributed by atoms with Crippen LogP contribution in [0.15, 0.2) is 47.0 Å². The van der Waals surface area contributed by atoms with Crippen LogP contribution in [0.25, 0.3) is 11.4 Å². The van der Waals surface area contributed by atoms with Gasteiger partial charge in [-0.2, -0.15) is 4.98 Å². The van der Waals surface area contributed by atoms with E-state index < -0.39 is 0 Å². The van der Waals surface area contributed by atoms with E-state index >= 15 is 0 Å². The highest BCUT2D eigenvalue weighted by Crippen LogP contribution is 2.28. The highest BCUT2D eigenvalue weighted by molar-refractivity contribution is 5.87. The molecular weight excluding hydrogens is 466 g/mol. The first-order valence-corrected chi connectivity index (χ1v) is 13.1. The molecule has 1 aliphatic rings. The van der Waals surface area contributed by atoms with Crippen molar-refractivity contribution >= 4 is 17.5 Å². The second-order valence-corrected chi connectivity index (χ2v) is 9.89. The first kappa shape index (κ1) is 26.4. The van der Waals surface area contributed by atoms with Gasteiger partial charge in [-0.15, -0.1) is 0 Å². The number of hydrogen-bond donors (Lipinski definition) is 1. The average Bonchev–Trinajstić information content (AvgIpc) is 3.52. The first-order valence-electron chi connectivity index (χ1n) is 13.1. The lowest BCUT2D eigenvalue weighted by atomic mass is 10.1. The fourth-order valence-electron chi connectivity index (χ4n) is 4.85. The Labute approximate surface area is 219 Å². The number of rotatable bonds is 11. The zero-order valence-corrected chi connectivity index (χ0v) is 22.3. The van der Waals surface area contributed by atoms with Crippen molar-refractivity contribution in [3.63, 3.8) is 0 Å². The quantitative estimate of drug-likeness (QED) is 0.396. The van der Waals surface area contributed by atoms with Crippen molar-refractivity contribution in [3.8, 4) is 11.4 Å². The second-order valence-electron chi connectivity index (χ2n) is 9.89. The molecule has 2 amide bonds. The third-order valence-electron chi connectivity index (χ3n) is 7.07. The molecule has 0 fully saturated rings. The van der Waals surface area contributed by atoms with Gasteiger partial charge in [0.25, 0.3) is 0 Å². The zero-order chi connectivity index (χ0) is 26.4. The lowest BCUT2D eigenvalue weighted by molar-refractivity contribution is -0.130. The van der Waals surface area contributed by atoms with Crippen LogP contribution in [0.2, 0.25) is 0 Å². The zero-order valence-electron chi connectivity index (χ0n) is 22.3. The van der Waals surface area contributed by atoms with Crippen LogP contribution < -0.4 is 10.2 Å². The average molecular weight is 504 g/mol. The molecule has 3 aromatic rings. The molecule has 0 saturated heterocycles. The fourth-order valence-corrected chi connectivity index (χ4v) is 4.85. The number of anilines is 1. The monoisotopic (exact) mass is 503 g/mol. The molecule has 1 aliphatic carbocycles. The number of unbranched alkanes of at least 4 members (excludes halogenated alkanes) is 2. The molecule has 0 saturated carbocycles. The van der Waals surface area contributed by atoms with E-state index in [1.54, 1.807) is 6.92 Å². The van der Waals surface area contributed by atoms with E-state index in [0.29, 0.717) is 18.3 Å². The Kier molecular flexibility index (Phi) is 8.58. The van der Waals surface area contributed by atoms with Crippen molar-refractivity contribution < 1.29 is 14.1 Å². The first-order chi connectivity index (χ1) is 17.9. The molecule has 0 aliphatic heterocycles. The normalized spacial score (nSPS) is 12.9. The van der Waals surface area contributed by atoms with E-state index in [0.717, 1.165) is 48.9 Å². The van der Waals surface area contributed by atoms with Crippen LogP contribution in [0.1, 0.15) is 48.8 Å². The van der Waals surface area contributed by atoms with Crippen LogP contribution in [0.4, 0.5) is 5.69 Å². The van der Waals surface area contributed by atoms with Gasteiger partial charge in [0.2, 0.25) is 23.5 Å². The standard InChI is InChI=1S/C29H37N5O3/c1-5-6-9-14-30-27(35)18-34(26-17-24(13-12-20(26)2)29-31-21(3)37-32-29)19-28(36)33(4)25-15-22-10-7-8-11-23(22)16-25/h7-8,10-13,17,25H,5-6,9,14-16,18-19H2,1-4H3,(H,30,35). The van der Waals surface area contributed by atoms with Gasteiger partial charge in [0.1, 0.15) is 0 Å². The molecule has 8 nitrogen and oxygen atoms in total. The number of aromatic nitrogens is 2. The minimum Gasteiger partial charge on any atom is -0.355 e. The predicted octanol–water partition coefficient (Wildman–Crippen LogP) is 4.09. The van der Waals surface area contributed by atoms with Gasteiger partial charge >= 0.3 is 0 Å². The summed E-state index contributed by atoms with van der Waals surface area (Å²) in [5.74, 6) is 0.849. The number of aryl methyl sites for hydroxylation is 2. The molecule has 2 aromatic carbocycles. The number of amides is 2. The van der Waals surface area contributed by atoms with Gasteiger partial charge in [-0.1, -0.05) is 61.3 Å². The summed E-state index contributed by atoms with van der Waals surface area (Å²) in [5, 5.41) is 7.05. The van der Waals surface area contributed by atoms with E-state index in [1.165, 1.54) is 11.1 Å². The number of nitrogens with one attached hydrogen (secondary N) is 1. The van der Waals surface area contributed by atoms with Crippen molar-refractivity contribution in [2.75, 3.05) is 31.6 Å². The second kappa shape index (κ2) is 12.0. The Morgan fingerprint density at radius 2 is 1.78 bits per heavy atom. The molecule has 1 aromatic heterocycles. The third kappa shape index (κ3) is 6.56. The van der Waals surface area contributed by atoms with Crippen LogP contribution in [-0.2, 0) is 22.4 Å². The van der Waals surface area contributed by atoms with Crippen LogP contribution in [0.3, 0.4) is 0 Å². The lowest BCUT2D eigenvalue weighted by Gasteiger charge is -2.30. The van der Waals surface area contributed by atoms with E-state index in [-0.39, 0.29) is 30.9 Å². The number of nitrogens with zero attached hydrogens (tertiary/aromatic N) is 4. The molecule has 196 valence electrons. The Morgan fingerprint density at radius 3 is 2.43 bits per heavy atom. The van der Waals surface area contributed by atoms with E-state index in [9.17, 15) is 9.59 Å². The van der Waals surface area contributed by atoms with Crippen LogP contribution in [-0.4, -0.2) is 59.6 Å². The summed E-state index contributed by atoms with van der Waals surface area (Å²) in [6.45, 7) is 6.68. The van der Waals surface area contributed by atoms with E-state index in [1.807, 2.05) is 54.1 Å². The molecular formula is C29H37N5O3. The molecule has 8 heteroatoms. The summed E-state index contributed by atoms with van der Waals surface area (Å²) in [5.41, 5.74) is 5.15. The number of benzene rings is 2. The number of fused-ring (bicyclic) bond motifs is 1. The van der Waals surface area contributed by atoms with Gasteiger partial charge in [0, 0.05) is 37.8 Å². The highest BCUT2D eigenvalue weighted by Gasteiger charge is 2.29. The van der Waals surface area contributed by atoms with Crippen LogP contribution in [0.5, 0.6) is 0 Å². The van der Waals surface area contributed by atoms with Crippen molar-refractivity contribution in [2.24, 2.45) is 0 Å². The Balaban J connectivity index is 1.53. The van der Waals surface area contributed by atoms with Gasteiger partial charge in [-0.3, -0.25) is 9.59 Å². The van der Waals surface area contributed by atoms with E-state index in [2.05, 4.69) is 34.5 Å². The molecule has 0 radical (unpaired) electrons. The van der Waals surface area contributed by atoms with Crippen molar-refractivity contribution in [1.29, 1.82) is 0 Å². The van der Waals surface area contributed by atoms with Crippen molar-refractivity contribution in [1.82, 2.24) is 20.4 Å². The Hall–Kier alpha value is -3.68. The number of carbonyl (C=O) groups is 2. The van der Waals surface area contributed by atoms with Crippen molar-refractivity contribution in [3.05, 3.63) is 65.0 Å². The maximum Gasteiger partial charge on any atom is 0.242 e. The maximum atomic E-state index is 13.5. The van der Waals surface area contributed by atoms with E-state index in [4.69, 9.17) is 4.52 Å². The fraction of sp³-hybridized carbons (Fsp3) is 0.448.